The lowest BCUT2D eigenvalue weighted by Crippen LogP contribution is -2.29. The summed E-state index contributed by atoms with van der Waals surface area (Å²) >= 11 is 0. The topological polar surface area (TPSA) is 42.2 Å². The summed E-state index contributed by atoms with van der Waals surface area (Å²) < 4.78 is 5.50. The van der Waals surface area contributed by atoms with Crippen molar-refractivity contribution in [1.82, 2.24) is 5.32 Å². The lowest BCUT2D eigenvalue weighted by Gasteiger charge is -2.18. The van der Waals surface area contributed by atoms with Crippen LogP contribution in [0.1, 0.15) is 33.3 Å². The smallest absolute Gasteiger partial charge is 0.252 e. The molecule has 3 heteroatoms. The van der Waals surface area contributed by atoms with E-state index in [0.29, 0.717) is 11.3 Å². The lowest BCUT2D eigenvalue weighted by atomic mass is 10.0. The maximum atomic E-state index is 12.6. The van der Waals surface area contributed by atoms with Crippen molar-refractivity contribution in [1.29, 1.82) is 0 Å². The van der Waals surface area contributed by atoms with Crippen LogP contribution in [0.25, 0.3) is 0 Å². The van der Waals surface area contributed by atoms with E-state index in [1.54, 1.807) is 6.26 Å². The Morgan fingerprint density at radius 1 is 0.955 bits per heavy atom. The van der Waals surface area contributed by atoms with Crippen molar-refractivity contribution in [3.8, 4) is 0 Å². The standard InChI is InChI=1S/C19H17NO2/c1-14-8-5-6-11-16(14)19(21)20-18(17-12-7-13-22-17)15-9-3-2-4-10-15/h2-13,18H,1H3,(H,20,21). The molecule has 3 rings (SSSR count). The van der Waals surface area contributed by atoms with Gasteiger partial charge in [-0.2, -0.15) is 0 Å². The molecular weight excluding hydrogens is 274 g/mol. The van der Waals surface area contributed by atoms with Crippen LogP contribution in [-0.2, 0) is 0 Å². The van der Waals surface area contributed by atoms with E-state index in [0.717, 1.165) is 11.1 Å². The van der Waals surface area contributed by atoms with Crippen LogP contribution in [0.5, 0.6) is 0 Å². The van der Waals surface area contributed by atoms with Gasteiger partial charge in [-0.15, -0.1) is 0 Å². The van der Waals surface area contributed by atoms with Gasteiger partial charge < -0.3 is 9.73 Å². The largest absolute Gasteiger partial charge is 0.467 e. The average Bonchev–Trinajstić information content (AvgIpc) is 3.08. The van der Waals surface area contributed by atoms with Gasteiger partial charge >= 0.3 is 0 Å². The van der Waals surface area contributed by atoms with Crippen LogP contribution in [-0.4, -0.2) is 5.91 Å². The van der Waals surface area contributed by atoms with Crippen LogP contribution >= 0.6 is 0 Å². The zero-order valence-corrected chi connectivity index (χ0v) is 12.3. The first-order chi connectivity index (χ1) is 10.8. The van der Waals surface area contributed by atoms with Gasteiger partial charge in [0.05, 0.1) is 6.26 Å². The fourth-order valence-electron chi connectivity index (χ4n) is 2.46. The third-order valence-electron chi connectivity index (χ3n) is 3.63. The van der Waals surface area contributed by atoms with Gasteiger partial charge in [-0.1, -0.05) is 48.5 Å². The number of hydrogen-bond donors (Lipinski definition) is 1. The first-order valence-corrected chi connectivity index (χ1v) is 7.20. The number of benzene rings is 2. The third kappa shape index (κ3) is 2.93. The monoisotopic (exact) mass is 291 g/mol. The van der Waals surface area contributed by atoms with E-state index in [1.165, 1.54) is 0 Å². The SMILES string of the molecule is Cc1ccccc1C(=O)NC(c1ccccc1)c1ccco1. The second kappa shape index (κ2) is 6.31. The number of carbonyl (C=O) groups is 1. The predicted octanol–water partition coefficient (Wildman–Crippen LogP) is 4.11. The summed E-state index contributed by atoms with van der Waals surface area (Å²) in [6, 6.07) is 20.7. The molecule has 1 amide bonds. The van der Waals surface area contributed by atoms with Gasteiger partial charge in [0.15, 0.2) is 0 Å². The molecule has 1 unspecified atom stereocenters. The fourth-order valence-corrected chi connectivity index (χ4v) is 2.46. The van der Waals surface area contributed by atoms with E-state index >= 15 is 0 Å². The van der Waals surface area contributed by atoms with Crippen LogP contribution in [0.3, 0.4) is 0 Å². The molecular formula is C19H17NO2. The predicted molar refractivity (Wildman–Crippen MR) is 85.6 cm³/mol. The van der Waals surface area contributed by atoms with Gasteiger partial charge in [-0.25, -0.2) is 0 Å². The average molecular weight is 291 g/mol. The van der Waals surface area contributed by atoms with Crippen LogP contribution < -0.4 is 5.32 Å². The molecule has 0 aliphatic rings. The Labute approximate surface area is 129 Å². The summed E-state index contributed by atoms with van der Waals surface area (Å²) in [6.07, 6.45) is 1.62. The number of carbonyl (C=O) groups excluding carboxylic acids is 1. The van der Waals surface area contributed by atoms with E-state index in [-0.39, 0.29) is 11.9 Å². The molecule has 2 aromatic carbocycles. The fraction of sp³-hybridized carbons (Fsp3) is 0.105. The molecule has 1 heterocycles. The Morgan fingerprint density at radius 2 is 1.68 bits per heavy atom. The van der Waals surface area contributed by atoms with Crippen LogP contribution in [0, 0.1) is 6.92 Å². The van der Waals surface area contributed by atoms with E-state index in [9.17, 15) is 4.79 Å². The van der Waals surface area contributed by atoms with E-state index in [2.05, 4.69) is 5.32 Å². The van der Waals surface area contributed by atoms with Gasteiger partial charge in [0.1, 0.15) is 11.8 Å². The van der Waals surface area contributed by atoms with Crippen molar-refractivity contribution >= 4 is 5.91 Å². The minimum atomic E-state index is -0.302. The summed E-state index contributed by atoms with van der Waals surface area (Å²) in [6.45, 7) is 1.93. The number of hydrogen-bond acceptors (Lipinski definition) is 2. The molecule has 0 saturated carbocycles. The van der Waals surface area contributed by atoms with Crippen LogP contribution in [0.2, 0.25) is 0 Å². The maximum Gasteiger partial charge on any atom is 0.252 e. The summed E-state index contributed by atoms with van der Waals surface area (Å²) in [7, 11) is 0. The summed E-state index contributed by atoms with van der Waals surface area (Å²) in [4.78, 5) is 12.6. The third-order valence-corrected chi connectivity index (χ3v) is 3.63. The van der Waals surface area contributed by atoms with Crippen LogP contribution in [0.15, 0.2) is 77.4 Å². The Hall–Kier alpha value is -2.81. The highest BCUT2D eigenvalue weighted by atomic mass is 16.3. The molecule has 0 bridgehead atoms. The summed E-state index contributed by atoms with van der Waals surface area (Å²) in [5.41, 5.74) is 2.61. The number of rotatable bonds is 4. The van der Waals surface area contributed by atoms with Crippen LogP contribution in [0.4, 0.5) is 0 Å². The molecule has 0 fully saturated rings. The Kier molecular flexibility index (Phi) is 4.05. The highest BCUT2D eigenvalue weighted by Crippen LogP contribution is 2.23. The number of amides is 1. The van der Waals surface area contributed by atoms with Crippen molar-refractivity contribution in [2.24, 2.45) is 0 Å². The molecule has 22 heavy (non-hydrogen) atoms. The highest BCUT2D eigenvalue weighted by Gasteiger charge is 2.20. The van der Waals surface area contributed by atoms with Gasteiger partial charge in [0.25, 0.3) is 5.91 Å². The first-order valence-electron chi connectivity index (χ1n) is 7.20. The molecule has 0 aliphatic carbocycles. The van der Waals surface area contributed by atoms with Crippen molar-refractivity contribution in [3.63, 3.8) is 0 Å². The van der Waals surface area contributed by atoms with Crippen molar-refractivity contribution < 1.29 is 9.21 Å². The summed E-state index contributed by atoms with van der Waals surface area (Å²) in [5.74, 6) is 0.608. The van der Waals surface area contributed by atoms with Crippen molar-refractivity contribution in [3.05, 3.63) is 95.4 Å². The van der Waals surface area contributed by atoms with E-state index in [1.807, 2.05) is 73.7 Å². The van der Waals surface area contributed by atoms with Gasteiger partial charge in [-0.05, 0) is 36.2 Å². The number of furan rings is 1. The zero-order chi connectivity index (χ0) is 15.4. The lowest BCUT2D eigenvalue weighted by molar-refractivity contribution is 0.0938. The number of nitrogens with one attached hydrogen (secondary N) is 1. The zero-order valence-electron chi connectivity index (χ0n) is 12.3. The Morgan fingerprint density at radius 3 is 2.36 bits per heavy atom. The van der Waals surface area contributed by atoms with Gasteiger partial charge in [0, 0.05) is 5.56 Å². The molecule has 1 N–H and O–H groups in total. The minimum absolute atomic E-state index is 0.108. The molecule has 0 aliphatic heterocycles. The first kappa shape index (κ1) is 14.1. The molecule has 3 aromatic rings. The minimum Gasteiger partial charge on any atom is -0.467 e. The highest BCUT2D eigenvalue weighted by molar-refractivity contribution is 5.96. The van der Waals surface area contributed by atoms with Crippen molar-refractivity contribution in [2.75, 3.05) is 0 Å². The quantitative estimate of drug-likeness (QED) is 0.786. The molecule has 3 nitrogen and oxygen atoms in total. The second-order valence-electron chi connectivity index (χ2n) is 5.15. The van der Waals surface area contributed by atoms with Crippen molar-refractivity contribution in [2.45, 2.75) is 13.0 Å². The van der Waals surface area contributed by atoms with Gasteiger partial charge in [-0.3, -0.25) is 4.79 Å². The second-order valence-corrected chi connectivity index (χ2v) is 5.15. The molecule has 0 saturated heterocycles. The normalized spacial score (nSPS) is 11.9. The maximum absolute atomic E-state index is 12.6. The molecule has 0 radical (unpaired) electrons. The van der Waals surface area contributed by atoms with E-state index in [4.69, 9.17) is 4.42 Å². The number of aryl methyl sites for hydroxylation is 1. The summed E-state index contributed by atoms with van der Waals surface area (Å²) in [5, 5.41) is 3.06. The van der Waals surface area contributed by atoms with Gasteiger partial charge in [0.2, 0.25) is 0 Å². The molecule has 110 valence electrons. The molecule has 1 aromatic heterocycles. The molecule has 0 spiro atoms. The Balaban J connectivity index is 1.91. The Bertz CT molecular complexity index is 748. The molecule has 1 atom stereocenters. The van der Waals surface area contributed by atoms with E-state index < -0.39 is 0 Å².